The van der Waals surface area contributed by atoms with Crippen LogP contribution in [-0.4, -0.2) is 15.0 Å². The van der Waals surface area contributed by atoms with E-state index in [0.29, 0.717) is 28.7 Å². The Morgan fingerprint density at radius 3 is 2.70 bits per heavy atom. The molecule has 8 heteroatoms. The molecule has 4 nitrogen and oxygen atoms in total. The summed E-state index contributed by atoms with van der Waals surface area (Å²) in [6, 6.07) is 6.64. The Kier molecular flexibility index (Phi) is 3.36. The van der Waals surface area contributed by atoms with Crippen LogP contribution in [0.3, 0.4) is 0 Å². The van der Waals surface area contributed by atoms with Crippen molar-refractivity contribution in [3.63, 3.8) is 0 Å². The largest absolute Gasteiger partial charge is 0.398 e. The highest BCUT2D eigenvalue weighted by Gasteiger charge is 2.34. The minimum Gasteiger partial charge on any atom is -0.398 e. The van der Waals surface area contributed by atoms with Crippen molar-refractivity contribution in [3.8, 4) is 0 Å². The minimum atomic E-state index is -3.71. The van der Waals surface area contributed by atoms with Crippen LogP contribution < -0.4 is 10.0 Å². The molecule has 0 radical (unpaired) electrons. The van der Waals surface area contributed by atoms with E-state index in [2.05, 4.69) is 0 Å². The standard InChI is InChI=1S/C12H10Cl2N2O2S2/c13-11-6-10(12(14)19-11)20(17,18)16-5-4-7-8(15)2-1-3-9(7)16/h1-3,6H,4-5,15H2. The van der Waals surface area contributed by atoms with Gasteiger partial charge >= 0.3 is 0 Å². The van der Waals surface area contributed by atoms with Crippen LogP contribution in [0.5, 0.6) is 0 Å². The van der Waals surface area contributed by atoms with Gasteiger partial charge < -0.3 is 5.73 Å². The molecule has 106 valence electrons. The summed E-state index contributed by atoms with van der Waals surface area (Å²) in [5, 5.41) is 0. The second-order valence-electron chi connectivity index (χ2n) is 4.36. The monoisotopic (exact) mass is 348 g/mol. The lowest BCUT2D eigenvalue weighted by Crippen LogP contribution is -2.28. The van der Waals surface area contributed by atoms with Crippen LogP contribution in [0.15, 0.2) is 29.2 Å². The van der Waals surface area contributed by atoms with Gasteiger partial charge in [0.25, 0.3) is 10.0 Å². The molecule has 1 aromatic carbocycles. The Morgan fingerprint density at radius 2 is 2.05 bits per heavy atom. The van der Waals surface area contributed by atoms with Crippen molar-refractivity contribution in [3.05, 3.63) is 38.5 Å². The third-order valence-corrected chi connectivity index (χ3v) is 6.78. The molecule has 0 atom stereocenters. The molecule has 0 saturated carbocycles. The van der Waals surface area contributed by atoms with Crippen molar-refractivity contribution < 1.29 is 8.42 Å². The van der Waals surface area contributed by atoms with Gasteiger partial charge in [-0.25, -0.2) is 8.42 Å². The molecule has 2 heterocycles. The van der Waals surface area contributed by atoms with Crippen molar-refractivity contribution in [1.82, 2.24) is 0 Å². The molecular formula is C12H10Cl2N2O2S2. The van der Waals surface area contributed by atoms with Gasteiger partial charge in [-0.2, -0.15) is 0 Å². The molecule has 1 aromatic heterocycles. The van der Waals surface area contributed by atoms with Gasteiger partial charge in [0.1, 0.15) is 9.23 Å². The van der Waals surface area contributed by atoms with Crippen molar-refractivity contribution in [2.75, 3.05) is 16.6 Å². The summed E-state index contributed by atoms with van der Waals surface area (Å²) in [6.07, 6.45) is 0.594. The average Bonchev–Trinajstić information content (AvgIpc) is 2.94. The van der Waals surface area contributed by atoms with E-state index in [1.807, 2.05) is 0 Å². The fourth-order valence-corrected chi connectivity index (χ4v) is 5.91. The van der Waals surface area contributed by atoms with Gasteiger partial charge in [0.2, 0.25) is 0 Å². The fraction of sp³-hybridized carbons (Fsp3) is 0.167. The Bertz CT molecular complexity index is 787. The first-order valence-corrected chi connectivity index (χ1v) is 8.77. The number of halogens is 2. The first-order valence-electron chi connectivity index (χ1n) is 5.76. The molecule has 0 fully saturated rings. The summed E-state index contributed by atoms with van der Waals surface area (Å²) >= 11 is 12.8. The predicted molar refractivity (Wildman–Crippen MR) is 83.4 cm³/mol. The van der Waals surface area contributed by atoms with E-state index in [0.717, 1.165) is 16.9 Å². The zero-order valence-electron chi connectivity index (χ0n) is 10.1. The molecule has 1 aliphatic heterocycles. The molecule has 0 bridgehead atoms. The predicted octanol–water partition coefficient (Wildman–Crippen LogP) is 3.39. The number of hydrogen-bond acceptors (Lipinski definition) is 4. The number of nitrogen functional groups attached to an aromatic ring is 1. The third kappa shape index (κ3) is 2.07. The molecule has 1 aliphatic rings. The van der Waals surface area contributed by atoms with Crippen molar-refractivity contribution in [2.24, 2.45) is 0 Å². The van der Waals surface area contributed by atoms with Crippen molar-refractivity contribution >= 4 is 55.9 Å². The minimum absolute atomic E-state index is 0.0458. The number of benzene rings is 1. The van der Waals surface area contributed by atoms with Gasteiger partial charge in [0.05, 0.1) is 10.0 Å². The molecule has 2 aromatic rings. The van der Waals surface area contributed by atoms with Gasteiger partial charge in [-0.3, -0.25) is 4.31 Å². The first kappa shape index (κ1) is 14.0. The van der Waals surface area contributed by atoms with Crippen molar-refractivity contribution in [1.29, 1.82) is 0 Å². The summed E-state index contributed by atoms with van der Waals surface area (Å²) in [5.41, 5.74) is 7.96. The quantitative estimate of drug-likeness (QED) is 0.846. The summed E-state index contributed by atoms with van der Waals surface area (Å²) < 4.78 is 27.2. The summed E-state index contributed by atoms with van der Waals surface area (Å²) in [6.45, 7) is 0.357. The fourth-order valence-electron chi connectivity index (χ4n) is 2.30. The van der Waals surface area contributed by atoms with E-state index >= 15 is 0 Å². The molecule has 0 aliphatic carbocycles. The zero-order valence-corrected chi connectivity index (χ0v) is 13.3. The van der Waals surface area contributed by atoms with E-state index in [1.165, 1.54) is 10.4 Å². The number of nitrogens with zero attached hydrogens (tertiary/aromatic N) is 1. The topological polar surface area (TPSA) is 63.4 Å². The third-order valence-electron chi connectivity index (χ3n) is 3.21. The van der Waals surface area contributed by atoms with E-state index in [1.54, 1.807) is 18.2 Å². The van der Waals surface area contributed by atoms with E-state index in [-0.39, 0.29) is 9.23 Å². The highest BCUT2D eigenvalue weighted by atomic mass is 35.5. The van der Waals surface area contributed by atoms with Crippen LogP contribution in [0, 0.1) is 0 Å². The lowest BCUT2D eigenvalue weighted by atomic mass is 10.1. The van der Waals surface area contributed by atoms with Crippen LogP contribution in [0.2, 0.25) is 8.67 Å². The summed E-state index contributed by atoms with van der Waals surface area (Å²) in [7, 11) is -3.71. The summed E-state index contributed by atoms with van der Waals surface area (Å²) in [4.78, 5) is 0.0458. The van der Waals surface area contributed by atoms with Crippen LogP contribution in [0.25, 0.3) is 0 Å². The SMILES string of the molecule is Nc1cccc2c1CCN2S(=O)(=O)c1cc(Cl)sc1Cl. The van der Waals surface area contributed by atoms with Gasteiger partial charge in [0.15, 0.2) is 0 Å². The molecule has 0 spiro atoms. The Morgan fingerprint density at radius 1 is 1.30 bits per heavy atom. The number of rotatable bonds is 2. The average molecular weight is 349 g/mol. The highest BCUT2D eigenvalue weighted by Crippen LogP contribution is 2.40. The Labute approximate surface area is 130 Å². The normalized spacial score (nSPS) is 14.6. The molecule has 20 heavy (non-hydrogen) atoms. The van der Waals surface area contributed by atoms with Crippen LogP contribution in [-0.2, 0) is 16.4 Å². The van der Waals surface area contributed by atoms with Gasteiger partial charge in [-0.1, -0.05) is 29.3 Å². The lowest BCUT2D eigenvalue weighted by Gasteiger charge is -2.19. The number of sulfonamides is 1. The maximum Gasteiger partial charge on any atom is 0.266 e. The Hall–Kier alpha value is -0.950. The van der Waals surface area contributed by atoms with E-state index < -0.39 is 10.0 Å². The van der Waals surface area contributed by atoms with Crippen LogP contribution in [0.4, 0.5) is 11.4 Å². The van der Waals surface area contributed by atoms with E-state index in [9.17, 15) is 8.42 Å². The maximum atomic E-state index is 12.7. The van der Waals surface area contributed by atoms with Gasteiger partial charge in [-0.15, -0.1) is 11.3 Å². The second kappa shape index (κ2) is 4.80. The molecule has 3 rings (SSSR count). The van der Waals surface area contributed by atoms with Gasteiger partial charge in [-0.05, 0) is 24.6 Å². The Balaban J connectivity index is 2.12. The lowest BCUT2D eigenvalue weighted by molar-refractivity contribution is 0.593. The summed E-state index contributed by atoms with van der Waals surface area (Å²) in [5.74, 6) is 0. The molecule has 0 unspecified atom stereocenters. The molecule has 0 saturated heterocycles. The zero-order chi connectivity index (χ0) is 14.5. The first-order chi connectivity index (χ1) is 9.41. The van der Waals surface area contributed by atoms with Crippen LogP contribution >= 0.6 is 34.5 Å². The maximum absolute atomic E-state index is 12.7. The molecule has 2 N–H and O–H groups in total. The van der Waals surface area contributed by atoms with Crippen LogP contribution in [0.1, 0.15) is 5.56 Å². The molecule has 0 amide bonds. The highest BCUT2D eigenvalue weighted by molar-refractivity contribution is 7.93. The van der Waals surface area contributed by atoms with Crippen molar-refractivity contribution in [2.45, 2.75) is 11.3 Å². The van der Waals surface area contributed by atoms with Gasteiger partial charge in [0, 0.05) is 17.8 Å². The number of nitrogens with two attached hydrogens (primary N) is 1. The smallest absolute Gasteiger partial charge is 0.266 e. The van der Waals surface area contributed by atoms with E-state index in [4.69, 9.17) is 28.9 Å². The molecular weight excluding hydrogens is 339 g/mol. The number of thiophene rings is 1. The second-order valence-corrected chi connectivity index (χ2v) is 8.48. The number of fused-ring (bicyclic) bond motifs is 1. The number of hydrogen-bond donors (Lipinski definition) is 1. The number of anilines is 2.